The van der Waals surface area contributed by atoms with Gasteiger partial charge in [-0.25, -0.2) is 4.79 Å². The first-order chi connectivity index (χ1) is 10.1. The molecule has 0 heterocycles. The van der Waals surface area contributed by atoms with E-state index in [1.54, 1.807) is 7.11 Å². The maximum atomic E-state index is 12.0. The Morgan fingerprint density at radius 3 is 2.67 bits per heavy atom. The predicted molar refractivity (Wildman–Crippen MR) is 78.3 cm³/mol. The zero-order chi connectivity index (χ0) is 15.3. The zero-order valence-corrected chi connectivity index (χ0v) is 12.2. The number of ether oxygens (including phenoxy) is 1. The molecule has 1 aromatic carbocycles. The van der Waals surface area contributed by atoms with Gasteiger partial charge >= 0.3 is 5.97 Å². The Morgan fingerprint density at radius 1 is 1.33 bits per heavy atom. The minimum atomic E-state index is -1.05. The van der Waals surface area contributed by atoms with E-state index in [0.717, 1.165) is 24.2 Å². The third-order valence-electron chi connectivity index (χ3n) is 4.02. The molecule has 0 atom stereocenters. The Hall–Kier alpha value is -2.04. The third-order valence-corrected chi connectivity index (χ3v) is 4.02. The number of methoxy groups -OCH3 is 1. The third kappa shape index (κ3) is 3.74. The van der Waals surface area contributed by atoms with Crippen molar-refractivity contribution in [3.63, 3.8) is 0 Å². The number of nitrogens with one attached hydrogen (secondary N) is 1. The molecule has 114 valence electrons. The molecule has 0 radical (unpaired) electrons. The highest BCUT2D eigenvalue weighted by atomic mass is 16.5. The van der Waals surface area contributed by atoms with Crippen molar-refractivity contribution >= 4 is 11.9 Å². The number of amides is 1. The van der Waals surface area contributed by atoms with Crippen LogP contribution in [0.1, 0.15) is 37.7 Å². The van der Waals surface area contributed by atoms with Gasteiger partial charge in [0.1, 0.15) is 11.3 Å². The summed E-state index contributed by atoms with van der Waals surface area (Å²) in [4.78, 5) is 23.4. The lowest BCUT2D eigenvalue weighted by atomic mass is 9.97. The number of aliphatic carboxylic acids is 1. The lowest BCUT2D eigenvalue weighted by molar-refractivity contribution is -0.147. The molecular formula is C16H21NO4. The summed E-state index contributed by atoms with van der Waals surface area (Å²) in [6.07, 6.45) is 3.59. The first-order valence-corrected chi connectivity index (χ1v) is 7.23. The van der Waals surface area contributed by atoms with Crippen LogP contribution in [0.25, 0.3) is 0 Å². The summed E-state index contributed by atoms with van der Waals surface area (Å²) in [5.41, 5.74) is -0.0499. The van der Waals surface area contributed by atoms with Gasteiger partial charge in [-0.2, -0.15) is 0 Å². The quantitative estimate of drug-likeness (QED) is 0.842. The minimum Gasteiger partial charge on any atom is -0.497 e. The molecule has 2 N–H and O–H groups in total. The molecule has 5 heteroatoms. The first kappa shape index (κ1) is 15.4. The summed E-state index contributed by atoms with van der Waals surface area (Å²) < 4.78 is 5.14. The second-order valence-corrected chi connectivity index (χ2v) is 5.49. The number of carbonyl (C=O) groups is 2. The van der Waals surface area contributed by atoms with Gasteiger partial charge in [0.2, 0.25) is 5.91 Å². The molecule has 0 spiro atoms. The van der Waals surface area contributed by atoms with E-state index in [2.05, 4.69) is 5.32 Å². The number of hydrogen-bond donors (Lipinski definition) is 2. The Balaban J connectivity index is 1.91. The topological polar surface area (TPSA) is 75.6 Å². The average Bonchev–Trinajstić information content (AvgIpc) is 2.95. The van der Waals surface area contributed by atoms with Crippen LogP contribution in [0.2, 0.25) is 0 Å². The van der Waals surface area contributed by atoms with Crippen LogP contribution in [0.4, 0.5) is 0 Å². The monoisotopic (exact) mass is 291 g/mol. The van der Waals surface area contributed by atoms with Crippen LogP contribution >= 0.6 is 0 Å². The normalized spacial score (nSPS) is 16.4. The summed E-state index contributed by atoms with van der Waals surface area (Å²) in [5, 5.41) is 12.1. The van der Waals surface area contributed by atoms with E-state index in [1.807, 2.05) is 24.3 Å². The smallest absolute Gasteiger partial charge is 0.329 e. The molecule has 1 fully saturated rings. The highest BCUT2D eigenvalue weighted by Crippen LogP contribution is 2.30. The van der Waals surface area contributed by atoms with Crippen molar-refractivity contribution in [3.8, 4) is 5.75 Å². The number of hydrogen-bond acceptors (Lipinski definition) is 3. The minimum absolute atomic E-state index is 0.206. The number of carboxylic acids is 1. The number of carboxylic acid groups (broad SMARTS) is 1. The van der Waals surface area contributed by atoms with Gasteiger partial charge in [0.25, 0.3) is 0 Å². The van der Waals surface area contributed by atoms with Gasteiger partial charge in [0.15, 0.2) is 0 Å². The van der Waals surface area contributed by atoms with E-state index in [4.69, 9.17) is 4.74 Å². The molecule has 1 saturated carbocycles. The van der Waals surface area contributed by atoms with Gasteiger partial charge in [0.05, 0.1) is 7.11 Å². The lowest BCUT2D eigenvalue weighted by Crippen LogP contribution is -2.52. The maximum absolute atomic E-state index is 12.0. The van der Waals surface area contributed by atoms with E-state index in [0.29, 0.717) is 19.3 Å². The van der Waals surface area contributed by atoms with E-state index in [1.165, 1.54) is 0 Å². The summed E-state index contributed by atoms with van der Waals surface area (Å²) in [6, 6.07) is 7.54. The number of rotatable bonds is 6. The number of aryl methyl sites for hydroxylation is 1. The number of carbonyl (C=O) groups excluding carboxylic acids is 1. The van der Waals surface area contributed by atoms with Crippen molar-refractivity contribution < 1.29 is 19.4 Å². The Bertz CT molecular complexity index is 521. The molecule has 0 aromatic heterocycles. The average molecular weight is 291 g/mol. The van der Waals surface area contributed by atoms with Crippen LogP contribution in [0.3, 0.4) is 0 Å². The molecule has 1 aromatic rings. The van der Waals surface area contributed by atoms with Crippen molar-refractivity contribution in [2.24, 2.45) is 0 Å². The molecule has 5 nitrogen and oxygen atoms in total. The summed E-state index contributed by atoms with van der Waals surface area (Å²) in [5.74, 6) is -0.373. The van der Waals surface area contributed by atoms with Gasteiger partial charge in [0, 0.05) is 6.42 Å². The molecule has 0 bridgehead atoms. The Labute approximate surface area is 124 Å². The van der Waals surface area contributed by atoms with Crippen LogP contribution in [-0.2, 0) is 16.0 Å². The molecule has 1 aliphatic rings. The van der Waals surface area contributed by atoms with Crippen molar-refractivity contribution in [1.29, 1.82) is 0 Å². The number of benzene rings is 1. The zero-order valence-electron chi connectivity index (χ0n) is 12.2. The molecule has 2 rings (SSSR count). The molecule has 0 aliphatic heterocycles. The fraction of sp³-hybridized carbons (Fsp3) is 0.500. The maximum Gasteiger partial charge on any atom is 0.329 e. The Morgan fingerprint density at radius 2 is 2.05 bits per heavy atom. The first-order valence-electron chi connectivity index (χ1n) is 7.23. The summed E-state index contributed by atoms with van der Waals surface area (Å²) in [6.45, 7) is 0. The second kappa shape index (κ2) is 6.61. The molecule has 1 aliphatic carbocycles. The SMILES string of the molecule is COc1cccc(CCC(=O)NC2(C(=O)O)CCCC2)c1. The van der Waals surface area contributed by atoms with Gasteiger partial charge < -0.3 is 15.2 Å². The molecular weight excluding hydrogens is 270 g/mol. The summed E-state index contributed by atoms with van der Waals surface area (Å²) in [7, 11) is 1.60. The standard InChI is InChI=1S/C16H21NO4/c1-21-13-6-4-5-12(11-13)7-8-14(18)17-16(15(19)20)9-2-3-10-16/h4-6,11H,2-3,7-10H2,1H3,(H,17,18)(H,19,20). The molecule has 21 heavy (non-hydrogen) atoms. The van der Waals surface area contributed by atoms with Crippen molar-refractivity contribution in [3.05, 3.63) is 29.8 Å². The van der Waals surface area contributed by atoms with Crippen molar-refractivity contribution in [2.75, 3.05) is 7.11 Å². The predicted octanol–water partition coefficient (Wildman–Crippen LogP) is 2.14. The van der Waals surface area contributed by atoms with E-state index in [9.17, 15) is 14.7 Å². The largest absolute Gasteiger partial charge is 0.497 e. The second-order valence-electron chi connectivity index (χ2n) is 5.49. The Kier molecular flexibility index (Phi) is 4.83. The van der Waals surface area contributed by atoms with E-state index in [-0.39, 0.29) is 12.3 Å². The highest BCUT2D eigenvalue weighted by molar-refractivity contribution is 5.87. The van der Waals surface area contributed by atoms with Crippen LogP contribution in [0, 0.1) is 0 Å². The highest BCUT2D eigenvalue weighted by Gasteiger charge is 2.42. The molecule has 0 unspecified atom stereocenters. The van der Waals surface area contributed by atoms with Crippen molar-refractivity contribution in [1.82, 2.24) is 5.32 Å². The van der Waals surface area contributed by atoms with Gasteiger partial charge in [-0.1, -0.05) is 25.0 Å². The van der Waals surface area contributed by atoms with E-state index < -0.39 is 11.5 Å². The molecule has 0 saturated heterocycles. The van der Waals surface area contributed by atoms with Gasteiger partial charge in [-0.05, 0) is 37.0 Å². The fourth-order valence-electron chi connectivity index (χ4n) is 2.79. The van der Waals surface area contributed by atoms with Crippen molar-refractivity contribution in [2.45, 2.75) is 44.1 Å². The van der Waals surface area contributed by atoms with E-state index >= 15 is 0 Å². The van der Waals surface area contributed by atoms with Gasteiger partial charge in [-0.15, -0.1) is 0 Å². The molecule has 1 amide bonds. The summed E-state index contributed by atoms with van der Waals surface area (Å²) >= 11 is 0. The lowest BCUT2D eigenvalue weighted by Gasteiger charge is -2.25. The van der Waals surface area contributed by atoms with Crippen LogP contribution in [0.15, 0.2) is 24.3 Å². The van der Waals surface area contributed by atoms with Gasteiger partial charge in [-0.3, -0.25) is 4.79 Å². The van der Waals surface area contributed by atoms with Crippen LogP contribution in [-0.4, -0.2) is 29.6 Å². The van der Waals surface area contributed by atoms with Crippen LogP contribution in [0.5, 0.6) is 5.75 Å². The fourth-order valence-corrected chi connectivity index (χ4v) is 2.79. The van der Waals surface area contributed by atoms with Crippen LogP contribution < -0.4 is 10.1 Å².